The lowest BCUT2D eigenvalue weighted by atomic mass is 10.2. The average molecular weight is 289 g/mol. The average Bonchev–Trinajstić information content (AvgIpc) is 2.43. The zero-order valence-corrected chi connectivity index (χ0v) is 10.6. The van der Waals surface area contributed by atoms with E-state index >= 15 is 0 Å². The summed E-state index contributed by atoms with van der Waals surface area (Å²) in [6, 6.07) is 9.34. The van der Waals surface area contributed by atoms with Gasteiger partial charge in [0.25, 0.3) is 0 Å². The van der Waals surface area contributed by atoms with Gasteiger partial charge in [0.1, 0.15) is 17.1 Å². The summed E-state index contributed by atoms with van der Waals surface area (Å²) < 4.78 is 4.91. The maximum Gasteiger partial charge on any atom is 0.417 e. The van der Waals surface area contributed by atoms with E-state index in [-0.39, 0.29) is 22.7 Å². The van der Waals surface area contributed by atoms with Crippen molar-refractivity contribution in [3.63, 3.8) is 0 Å². The Balaban J connectivity index is 2.11. The molecule has 21 heavy (non-hydrogen) atoms. The second kappa shape index (κ2) is 5.83. The third-order valence-corrected chi connectivity index (χ3v) is 2.55. The van der Waals surface area contributed by atoms with Gasteiger partial charge in [0.05, 0.1) is 5.69 Å². The van der Waals surface area contributed by atoms with Gasteiger partial charge in [-0.15, -0.1) is 0 Å². The van der Waals surface area contributed by atoms with E-state index in [0.29, 0.717) is 0 Å². The minimum absolute atomic E-state index is 0.0227. The minimum Gasteiger partial charge on any atom is -0.508 e. The lowest BCUT2D eigenvalue weighted by molar-refractivity contribution is 0.0693. The molecule has 108 valence electrons. The number of aromatic hydroxyl groups is 2. The third-order valence-electron chi connectivity index (χ3n) is 2.55. The van der Waals surface area contributed by atoms with Crippen LogP contribution in [0.25, 0.3) is 0 Å². The first-order chi connectivity index (χ1) is 9.97. The number of para-hydroxylation sites is 1. The van der Waals surface area contributed by atoms with Crippen LogP contribution in [0, 0.1) is 0 Å². The Kier molecular flexibility index (Phi) is 3.94. The van der Waals surface area contributed by atoms with E-state index < -0.39 is 17.8 Å². The Hall–Kier alpha value is -3.22. The van der Waals surface area contributed by atoms with Gasteiger partial charge in [-0.25, -0.2) is 9.59 Å². The summed E-state index contributed by atoms with van der Waals surface area (Å²) in [5.41, 5.74) is -0.420. The van der Waals surface area contributed by atoms with Crippen LogP contribution in [0.15, 0.2) is 42.5 Å². The fraction of sp³-hybridized carbons (Fsp3) is 0. The summed E-state index contributed by atoms with van der Waals surface area (Å²) in [5, 5.41) is 29.9. The molecule has 7 nitrogen and oxygen atoms in total. The summed E-state index contributed by atoms with van der Waals surface area (Å²) in [6.45, 7) is 0. The smallest absolute Gasteiger partial charge is 0.417 e. The fourth-order valence-electron chi connectivity index (χ4n) is 1.57. The lowest BCUT2D eigenvalue weighted by Crippen LogP contribution is -2.17. The van der Waals surface area contributed by atoms with Gasteiger partial charge in [0.2, 0.25) is 0 Å². The number of phenols is 2. The molecule has 0 saturated heterocycles. The molecule has 0 spiro atoms. The predicted molar refractivity (Wildman–Crippen MR) is 72.8 cm³/mol. The van der Waals surface area contributed by atoms with Crippen LogP contribution in [0.2, 0.25) is 0 Å². The molecule has 4 N–H and O–H groups in total. The Morgan fingerprint density at radius 1 is 1.00 bits per heavy atom. The molecular weight excluding hydrogens is 278 g/mol. The molecule has 0 aliphatic carbocycles. The highest BCUT2D eigenvalue weighted by atomic mass is 16.6. The highest BCUT2D eigenvalue weighted by molar-refractivity contribution is 5.96. The molecule has 0 aliphatic heterocycles. The number of phenolic OH excluding ortho intramolecular Hbond substituents is 1. The normalized spacial score (nSPS) is 9.90. The van der Waals surface area contributed by atoms with Crippen molar-refractivity contribution in [3.8, 4) is 17.2 Å². The highest BCUT2D eigenvalue weighted by Gasteiger charge is 2.15. The van der Waals surface area contributed by atoms with Crippen molar-refractivity contribution >= 4 is 17.7 Å². The number of carbonyl (C=O) groups is 2. The van der Waals surface area contributed by atoms with Crippen molar-refractivity contribution in [1.29, 1.82) is 0 Å². The van der Waals surface area contributed by atoms with Crippen LogP contribution in [-0.2, 0) is 0 Å². The van der Waals surface area contributed by atoms with Gasteiger partial charge in [-0.05, 0) is 36.4 Å². The quantitative estimate of drug-likeness (QED) is 0.645. The number of aromatic carboxylic acids is 1. The van der Waals surface area contributed by atoms with Crippen molar-refractivity contribution in [2.75, 3.05) is 5.32 Å². The van der Waals surface area contributed by atoms with E-state index in [9.17, 15) is 14.7 Å². The molecule has 2 rings (SSSR count). The van der Waals surface area contributed by atoms with Crippen LogP contribution in [0.1, 0.15) is 10.4 Å². The molecule has 2 aromatic carbocycles. The molecule has 0 atom stereocenters. The van der Waals surface area contributed by atoms with E-state index in [1.807, 2.05) is 0 Å². The van der Waals surface area contributed by atoms with Crippen molar-refractivity contribution in [1.82, 2.24) is 0 Å². The Morgan fingerprint density at radius 3 is 2.29 bits per heavy atom. The van der Waals surface area contributed by atoms with E-state index in [2.05, 4.69) is 5.32 Å². The van der Waals surface area contributed by atoms with Crippen LogP contribution < -0.4 is 10.1 Å². The molecule has 0 radical (unpaired) electrons. The largest absolute Gasteiger partial charge is 0.508 e. The molecule has 7 heteroatoms. The lowest BCUT2D eigenvalue weighted by Gasteiger charge is -2.09. The zero-order valence-electron chi connectivity index (χ0n) is 10.6. The van der Waals surface area contributed by atoms with Crippen LogP contribution in [0.5, 0.6) is 17.2 Å². The van der Waals surface area contributed by atoms with Crippen molar-refractivity contribution in [2.24, 2.45) is 0 Å². The number of nitrogens with one attached hydrogen (secondary N) is 1. The van der Waals surface area contributed by atoms with Gasteiger partial charge >= 0.3 is 12.1 Å². The Morgan fingerprint density at radius 2 is 1.67 bits per heavy atom. The molecule has 1 amide bonds. The molecule has 0 fully saturated rings. The SMILES string of the molecule is O=C(Nc1cccc(C(=O)O)c1O)Oc1ccc(O)cc1. The van der Waals surface area contributed by atoms with Gasteiger partial charge in [-0.3, -0.25) is 5.32 Å². The van der Waals surface area contributed by atoms with Gasteiger partial charge < -0.3 is 20.1 Å². The number of hydrogen-bond donors (Lipinski definition) is 4. The summed E-state index contributed by atoms with van der Waals surface area (Å²) in [4.78, 5) is 22.5. The summed E-state index contributed by atoms with van der Waals surface area (Å²) in [6.07, 6.45) is -0.904. The molecule has 0 saturated carbocycles. The molecular formula is C14H11NO6. The minimum atomic E-state index is -1.32. The van der Waals surface area contributed by atoms with Crippen molar-refractivity contribution in [2.45, 2.75) is 0 Å². The summed E-state index contributed by atoms with van der Waals surface area (Å²) in [7, 11) is 0. The van der Waals surface area contributed by atoms with Crippen LogP contribution in [0.3, 0.4) is 0 Å². The van der Waals surface area contributed by atoms with Gasteiger partial charge in [0, 0.05) is 0 Å². The summed E-state index contributed by atoms with van der Waals surface area (Å²) in [5.74, 6) is -1.68. The van der Waals surface area contributed by atoms with Crippen LogP contribution in [0.4, 0.5) is 10.5 Å². The number of carbonyl (C=O) groups excluding carboxylic acids is 1. The van der Waals surface area contributed by atoms with E-state index in [1.54, 1.807) is 0 Å². The third kappa shape index (κ3) is 3.41. The first-order valence-corrected chi connectivity index (χ1v) is 5.80. The summed E-state index contributed by atoms with van der Waals surface area (Å²) >= 11 is 0. The maximum absolute atomic E-state index is 11.6. The van der Waals surface area contributed by atoms with Gasteiger partial charge in [0.15, 0.2) is 5.75 Å². The van der Waals surface area contributed by atoms with E-state index in [0.717, 1.165) is 0 Å². The van der Waals surface area contributed by atoms with Gasteiger partial charge in [-0.2, -0.15) is 0 Å². The zero-order chi connectivity index (χ0) is 15.4. The number of carboxylic acid groups (broad SMARTS) is 1. The number of rotatable bonds is 3. The number of anilines is 1. The van der Waals surface area contributed by atoms with Gasteiger partial charge in [-0.1, -0.05) is 6.07 Å². The second-order valence-corrected chi connectivity index (χ2v) is 4.02. The first kappa shape index (κ1) is 14.2. The molecule has 0 unspecified atom stereocenters. The number of benzene rings is 2. The number of ether oxygens (including phenoxy) is 1. The number of hydrogen-bond acceptors (Lipinski definition) is 5. The first-order valence-electron chi connectivity index (χ1n) is 5.80. The number of amides is 1. The standard InChI is InChI=1S/C14H11NO6/c16-8-4-6-9(7-5-8)21-14(20)15-11-3-1-2-10(12(11)17)13(18)19/h1-7,16-17H,(H,15,20)(H,18,19). The molecule has 0 aromatic heterocycles. The topological polar surface area (TPSA) is 116 Å². The van der Waals surface area contributed by atoms with Crippen LogP contribution in [-0.4, -0.2) is 27.4 Å². The van der Waals surface area contributed by atoms with E-state index in [1.165, 1.54) is 42.5 Å². The van der Waals surface area contributed by atoms with Crippen molar-refractivity contribution < 1.29 is 29.6 Å². The van der Waals surface area contributed by atoms with Crippen LogP contribution >= 0.6 is 0 Å². The Labute approximate surface area is 119 Å². The highest BCUT2D eigenvalue weighted by Crippen LogP contribution is 2.27. The molecule has 0 aliphatic rings. The predicted octanol–water partition coefficient (Wildman–Crippen LogP) is 2.41. The molecule has 0 heterocycles. The number of carboxylic acids is 1. The molecule has 2 aromatic rings. The van der Waals surface area contributed by atoms with E-state index in [4.69, 9.17) is 14.9 Å². The fourth-order valence-corrected chi connectivity index (χ4v) is 1.57. The van der Waals surface area contributed by atoms with Crippen molar-refractivity contribution in [3.05, 3.63) is 48.0 Å². The second-order valence-electron chi connectivity index (χ2n) is 4.02. The monoisotopic (exact) mass is 289 g/mol. The maximum atomic E-state index is 11.6. The molecule has 0 bridgehead atoms. The Bertz CT molecular complexity index is 680.